The molecular weight excluding hydrogens is 208 g/mol. The Morgan fingerprint density at radius 3 is 2.75 bits per heavy atom. The standard InChI is InChI=1S/C13H15F2N/c1-3-4-5-8-16-10(2)12-7-6-11(14)9-13(12)15/h6-7,9-10,16H,5,8H2,1-2H3. The highest BCUT2D eigenvalue weighted by molar-refractivity contribution is 5.21. The predicted molar refractivity (Wildman–Crippen MR) is 60.8 cm³/mol. The van der Waals surface area contributed by atoms with Gasteiger partial charge >= 0.3 is 0 Å². The van der Waals surface area contributed by atoms with E-state index in [1.165, 1.54) is 12.1 Å². The quantitative estimate of drug-likeness (QED) is 0.611. The fourth-order valence-electron chi connectivity index (χ4n) is 1.44. The molecule has 16 heavy (non-hydrogen) atoms. The molecule has 0 aliphatic heterocycles. The summed E-state index contributed by atoms with van der Waals surface area (Å²) in [6.07, 6.45) is 0.726. The maximum Gasteiger partial charge on any atom is 0.130 e. The third kappa shape index (κ3) is 3.63. The van der Waals surface area contributed by atoms with Gasteiger partial charge in [-0.25, -0.2) is 8.78 Å². The van der Waals surface area contributed by atoms with Gasteiger partial charge in [0.1, 0.15) is 11.6 Å². The SMILES string of the molecule is CC#CCCNC(C)c1ccc(F)cc1F. The average Bonchev–Trinajstić information content (AvgIpc) is 2.24. The number of nitrogens with one attached hydrogen (secondary N) is 1. The second-order valence-corrected chi connectivity index (χ2v) is 3.52. The number of hydrogen-bond donors (Lipinski definition) is 1. The lowest BCUT2D eigenvalue weighted by atomic mass is 10.1. The van der Waals surface area contributed by atoms with Gasteiger partial charge in [0, 0.05) is 30.6 Å². The maximum atomic E-state index is 13.4. The second-order valence-electron chi connectivity index (χ2n) is 3.52. The van der Waals surface area contributed by atoms with Gasteiger partial charge in [0.2, 0.25) is 0 Å². The fraction of sp³-hybridized carbons (Fsp3) is 0.385. The summed E-state index contributed by atoms with van der Waals surface area (Å²) in [4.78, 5) is 0. The summed E-state index contributed by atoms with van der Waals surface area (Å²) in [5, 5.41) is 3.13. The van der Waals surface area contributed by atoms with Crippen molar-refractivity contribution in [1.29, 1.82) is 0 Å². The molecule has 1 aromatic rings. The fourth-order valence-corrected chi connectivity index (χ4v) is 1.44. The summed E-state index contributed by atoms with van der Waals surface area (Å²) in [6, 6.07) is 3.49. The predicted octanol–water partition coefficient (Wildman–Crippen LogP) is 3.03. The molecule has 0 aliphatic rings. The van der Waals surface area contributed by atoms with Crippen molar-refractivity contribution in [2.45, 2.75) is 26.3 Å². The molecule has 0 aliphatic carbocycles. The molecule has 0 spiro atoms. The molecule has 0 heterocycles. The van der Waals surface area contributed by atoms with Crippen molar-refractivity contribution in [2.24, 2.45) is 0 Å². The topological polar surface area (TPSA) is 12.0 Å². The Morgan fingerprint density at radius 1 is 1.38 bits per heavy atom. The van der Waals surface area contributed by atoms with Crippen LogP contribution in [0.1, 0.15) is 31.9 Å². The van der Waals surface area contributed by atoms with Gasteiger partial charge in [-0.1, -0.05) is 6.07 Å². The monoisotopic (exact) mass is 223 g/mol. The lowest BCUT2D eigenvalue weighted by Crippen LogP contribution is -2.20. The van der Waals surface area contributed by atoms with E-state index < -0.39 is 11.6 Å². The van der Waals surface area contributed by atoms with Crippen LogP contribution in [0, 0.1) is 23.5 Å². The van der Waals surface area contributed by atoms with Gasteiger partial charge < -0.3 is 5.32 Å². The molecule has 0 aromatic heterocycles. The van der Waals surface area contributed by atoms with Gasteiger partial charge in [-0.15, -0.1) is 11.8 Å². The number of hydrogen-bond acceptors (Lipinski definition) is 1. The van der Waals surface area contributed by atoms with Crippen molar-refractivity contribution in [1.82, 2.24) is 5.32 Å². The first-order valence-electron chi connectivity index (χ1n) is 5.23. The van der Waals surface area contributed by atoms with Crippen LogP contribution in [0.3, 0.4) is 0 Å². The van der Waals surface area contributed by atoms with Crippen LogP contribution in [0.25, 0.3) is 0 Å². The molecule has 1 unspecified atom stereocenters. The van der Waals surface area contributed by atoms with E-state index in [9.17, 15) is 8.78 Å². The van der Waals surface area contributed by atoms with E-state index in [-0.39, 0.29) is 6.04 Å². The van der Waals surface area contributed by atoms with Gasteiger partial charge in [-0.2, -0.15) is 0 Å². The van der Waals surface area contributed by atoms with E-state index in [0.29, 0.717) is 12.1 Å². The van der Waals surface area contributed by atoms with Crippen LogP contribution >= 0.6 is 0 Å². The molecule has 1 rings (SSSR count). The lowest BCUT2D eigenvalue weighted by molar-refractivity contribution is 0.522. The van der Waals surface area contributed by atoms with Crippen molar-refractivity contribution in [3.63, 3.8) is 0 Å². The Kier molecular flexibility index (Phi) is 4.94. The normalized spacial score (nSPS) is 11.8. The van der Waals surface area contributed by atoms with Gasteiger partial charge in [0.15, 0.2) is 0 Å². The molecule has 1 aromatic carbocycles. The summed E-state index contributed by atoms with van der Waals surface area (Å²) in [7, 11) is 0. The average molecular weight is 223 g/mol. The number of rotatable bonds is 4. The third-order valence-electron chi connectivity index (χ3n) is 2.31. The Balaban J connectivity index is 2.57. The number of halogens is 2. The molecule has 0 radical (unpaired) electrons. The Morgan fingerprint density at radius 2 is 2.12 bits per heavy atom. The summed E-state index contributed by atoms with van der Waals surface area (Å²) in [6.45, 7) is 4.32. The van der Waals surface area contributed by atoms with Gasteiger partial charge in [-0.05, 0) is 19.9 Å². The first kappa shape index (κ1) is 12.7. The highest BCUT2D eigenvalue weighted by atomic mass is 19.1. The minimum absolute atomic E-state index is 0.140. The minimum Gasteiger partial charge on any atom is -0.309 e. The Labute approximate surface area is 94.9 Å². The van der Waals surface area contributed by atoms with Crippen molar-refractivity contribution in [2.75, 3.05) is 6.54 Å². The molecule has 86 valence electrons. The lowest BCUT2D eigenvalue weighted by Gasteiger charge is -2.14. The summed E-state index contributed by atoms with van der Waals surface area (Å²) in [5.74, 6) is 4.64. The van der Waals surface area contributed by atoms with Crippen LogP contribution in [-0.2, 0) is 0 Å². The summed E-state index contributed by atoms with van der Waals surface area (Å²) < 4.78 is 26.1. The smallest absolute Gasteiger partial charge is 0.130 e. The Bertz CT molecular complexity index is 404. The second kappa shape index (κ2) is 6.24. The zero-order chi connectivity index (χ0) is 12.0. The molecule has 0 bridgehead atoms. The summed E-state index contributed by atoms with van der Waals surface area (Å²) in [5.41, 5.74) is 0.478. The Hall–Kier alpha value is -1.40. The van der Waals surface area contributed by atoms with E-state index >= 15 is 0 Å². The number of benzene rings is 1. The van der Waals surface area contributed by atoms with Gasteiger partial charge in [0.05, 0.1) is 0 Å². The molecule has 0 amide bonds. The van der Waals surface area contributed by atoms with Crippen LogP contribution < -0.4 is 5.32 Å². The van der Waals surface area contributed by atoms with E-state index in [4.69, 9.17) is 0 Å². The summed E-state index contributed by atoms with van der Waals surface area (Å²) >= 11 is 0. The van der Waals surface area contributed by atoms with Gasteiger partial charge in [-0.3, -0.25) is 0 Å². The van der Waals surface area contributed by atoms with Crippen molar-refractivity contribution in [3.05, 3.63) is 35.4 Å². The van der Waals surface area contributed by atoms with E-state index in [1.807, 2.05) is 6.92 Å². The van der Waals surface area contributed by atoms with Crippen LogP contribution in [0.4, 0.5) is 8.78 Å². The van der Waals surface area contributed by atoms with E-state index in [2.05, 4.69) is 17.2 Å². The van der Waals surface area contributed by atoms with E-state index in [1.54, 1.807) is 6.92 Å². The molecule has 3 heteroatoms. The van der Waals surface area contributed by atoms with Crippen LogP contribution in [-0.4, -0.2) is 6.54 Å². The zero-order valence-corrected chi connectivity index (χ0v) is 9.48. The highest BCUT2D eigenvalue weighted by Gasteiger charge is 2.10. The molecule has 1 N–H and O–H groups in total. The third-order valence-corrected chi connectivity index (χ3v) is 2.31. The van der Waals surface area contributed by atoms with Gasteiger partial charge in [0.25, 0.3) is 0 Å². The van der Waals surface area contributed by atoms with Crippen molar-refractivity contribution in [3.8, 4) is 11.8 Å². The van der Waals surface area contributed by atoms with Crippen LogP contribution in [0.15, 0.2) is 18.2 Å². The first-order chi connectivity index (χ1) is 7.65. The maximum absolute atomic E-state index is 13.4. The minimum atomic E-state index is -0.551. The molecular formula is C13H15F2N. The highest BCUT2D eigenvalue weighted by Crippen LogP contribution is 2.17. The van der Waals surface area contributed by atoms with Crippen LogP contribution in [0.5, 0.6) is 0 Å². The zero-order valence-electron chi connectivity index (χ0n) is 9.48. The first-order valence-corrected chi connectivity index (χ1v) is 5.23. The molecule has 1 atom stereocenters. The molecule has 0 saturated carbocycles. The molecule has 0 saturated heterocycles. The van der Waals surface area contributed by atoms with Crippen molar-refractivity contribution >= 4 is 0 Å². The van der Waals surface area contributed by atoms with Crippen molar-refractivity contribution < 1.29 is 8.78 Å². The largest absolute Gasteiger partial charge is 0.309 e. The van der Waals surface area contributed by atoms with Crippen LogP contribution in [0.2, 0.25) is 0 Å². The van der Waals surface area contributed by atoms with E-state index in [0.717, 1.165) is 12.5 Å². The molecule has 1 nitrogen and oxygen atoms in total. The molecule has 0 fully saturated rings.